The molecule has 19 heavy (non-hydrogen) atoms. The lowest BCUT2D eigenvalue weighted by molar-refractivity contribution is -0.360. The van der Waals surface area contributed by atoms with Crippen molar-refractivity contribution in [3.05, 3.63) is 42.5 Å². The summed E-state index contributed by atoms with van der Waals surface area (Å²) in [4.78, 5) is 21.0. The van der Waals surface area contributed by atoms with Crippen molar-refractivity contribution >= 4 is 22.7 Å². The van der Waals surface area contributed by atoms with Crippen molar-refractivity contribution < 1.29 is 28.9 Å². The van der Waals surface area contributed by atoms with Gasteiger partial charge in [0.25, 0.3) is 0 Å². The Morgan fingerprint density at radius 1 is 1.00 bits per heavy atom. The lowest BCUT2D eigenvalue weighted by Crippen LogP contribution is -2.60. The van der Waals surface area contributed by atoms with Crippen LogP contribution in [0.2, 0.25) is 0 Å². The molecule has 0 aliphatic heterocycles. The molecule has 6 heteroatoms. The average Bonchev–Trinajstić information content (AvgIpc) is 2.38. The molecule has 0 aliphatic rings. The van der Waals surface area contributed by atoms with Gasteiger partial charge in [-0.2, -0.15) is 4.39 Å². The predicted molar refractivity (Wildman–Crippen MR) is 58.4 cm³/mol. The van der Waals surface area contributed by atoms with Crippen LogP contribution >= 0.6 is 0 Å². The van der Waals surface area contributed by atoms with Crippen LogP contribution in [0, 0.1) is 0 Å². The number of hydrogen-bond acceptors (Lipinski definition) is 5. The molecular formula is C13H7FO5-2. The van der Waals surface area contributed by atoms with E-state index >= 15 is 0 Å². The number of carboxylic acid groups (broad SMARTS) is 2. The number of hydrogen-bond donors (Lipinski definition) is 0. The fourth-order valence-electron chi connectivity index (χ4n) is 1.56. The predicted octanol–water partition coefficient (Wildman–Crippen LogP) is -0.616. The molecule has 5 nitrogen and oxygen atoms in total. The highest BCUT2D eigenvalue weighted by Crippen LogP contribution is 2.24. The van der Waals surface area contributed by atoms with Crippen molar-refractivity contribution in [3.8, 4) is 5.75 Å². The van der Waals surface area contributed by atoms with Crippen LogP contribution in [0.1, 0.15) is 0 Å². The fraction of sp³-hybridized carbons (Fsp3) is 0.0769. The Labute approximate surface area is 106 Å². The molecule has 0 unspecified atom stereocenters. The van der Waals surface area contributed by atoms with Crippen LogP contribution in [-0.4, -0.2) is 17.8 Å². The van der Waals surface area contributed by atoms with Gasteiger partial charge in [-0.05, 0) is 22.9 Å². The first-order valence-corrected chi connectivity index (χ1v) is 5.23. The zero-order valence-corrected chi connectivity index (χ0v) is 9.46. The maximum absolute atomic E-state index is 13.6. The lowest BCUT2D eigenvalue weighted by Gasteiger charge is -2.27. The van der Waals surface area contributed by atoms with E-state index in [4.69, 9.17) is 0 Å². The van der Waals surface area contributed by atoms with Gasteiger partial charge in [0.1, 0.15) is 17.7 Å². The van der Waals surface area contributed by atoms with Gasteiger partial charge in [0.05, 0.1) is 0 Å². The largest absolute Gasteiger partial charge is 0.543 e. The van der Waals surface area contributed by atoms with Crippen LogP contribution < -0.4 is 14.9 Å². The van der Waals surface area contributed by atoms with Gasteiger partial charge >= 0.3 is 5.85 Å². The smallest absolute Gasteiger partial charge is 0.329 e. The van der Waals surface area contributed by atoms with Gasteiger partial charge in [0, 0.05) is 0 Å². The van der Waals surface area contributed by atoms with Gasteiger partial charge in [-0.3, -0.25) is 0 Å². The molecule has 0 saturated heterocycles. The van der Waals surface area contributed by atoms with Gasteiger partial charge in [-0.15, -0.1) is 0 Å². The second-order valence-corrected chi connectivity index (χ2v) is 3.78. The van der Waals surface area contributed by atoms with Crippen LogP contribution in [0.15, 0.2) is 42.5 Å². The van der Waals surface area contributed by atoms with E-state index in [1.54, 1.807) is 24.3 Å². The summed E-state index contributed by atoms with van der Waals surface area (Å²) in [5.74, 6) is -9.33. The standard InChI is InChI=1S/C13H9FO5/c14-13(11(15)16,12(17)18)19-10-6-5-8-3-1-2-4-9(8)7-10/h1-7H,(H,15,16)(H,17,18)/p-2. The van der Waals surface area contributed by atoms with Crippen LogP contribution in [0.5, 0.6) is 5.75 Å². The first-order valence-electron chi connectivity index (χ1n) is 5.23. The Hall–Kier alpha value is -2.63. The summed E-state index contributed by atoms with van der Waals surface area (Å²) in [6.45, 7) is 0. The third-order valence-corrected chi connectivity index (χ3v) is 2.50. The summed E-state index contributed by atoms with van der Waals surface area (Å²) in [6.07, 6.45) is 0. The van der Waals surface area contributed by atoms with E-state index in [-0.39, 0.29) is 5.75 Å². The van der Waals surface area contributed by atoms with E-state index in [0.717, 1.165) is 5.39 Å². The monoisotopic (exact) mass is 262 g/mol. The zero-order chi connectivity index (χ0) is 14.0. The molecular weight excluding hydrogens is 255 g/mol. The number of rotatable bonds is 4. The van der Waals surface area contributed by atoms with E-state index in [0.29, 0.717) is 5.39 Å². The van der Waals surface area contributed by atoms with E-state index in [9.17, 15) is 24.2 Å². The molecule has 0 spiro atoms. The van der Waals surface area contributed by atoms with Crippen LogP contribution in [-0.2, 0) is 9.59 Å². The van der Waals surface area contributed by atoms with Crippen LogP contribution in [0.3, 0.4) is 0 Å². The highest BCUT2D eigenvalue weighted by molar-refractivity contribution is 5.98. The van der Waals surface area contributed by atoms with Gasteiger partial charge in [-0.25, -0.2) is 0 Å². The minimum Gasteiger partial charge on any atom is -0.543 e. The lowest BCUT2D eigenvalue weighted by atomic mass is 10.1. The van der Waals surface area contributed by atoms with E-state index < -0.39 is 17.8 Å². The molecule has 0 bridgehead atoms. The van der Waals surface area contributed by atoms with Gasteiger partial charge < -0.3 is 24.5 Å². The zero-order valence-electron chi connectivity index (χ0n) is 9.46. The van der Waals surface area contributed by atoms with Crippen molar-refractivity contribution in [1.82, 2.24) is 0 Å². The average molecular weight is 262 g/mol. The SMILES string of the molecule is O=C([O-])C(F)(Oc1ccc2ccccc2c1)C(=O)[O-]. The summed E-state index contributed by atoms with van der Waals surface area (Å²) in [6, 6.07) is 11.1. The highest BCUT2D eigenvalue weighted by Gasteiger charge is 2.36. The normalized spacial score (nSPS) is 11.2. The highest BCUT2D eigenvalue weighted by atomic mass is 19.2. The number of ether oxygens (including phenoxy) is 1. The molecule has 0 fully saturated rings. The van der Waals surface area contributed by atoms with Crippen molar-refractivity contribution in [2.75, 3.05) is 0 Å². The Morgan fingerprint density at radius 2 is 1.58 bits per heavy atom. The number of benzene rings is 2. The number of carbonyl (C=O) groups excluding carboxylic acids is 2. The third-order valence-electron chi connectivity index (χ3n) is 2.50. The molecule has 0 radical (unpaired) electrons. The molecule has 0 saturated carbocycles. The third kappa shape index (κ3) is 2.33. The molecule has 0 aromatic heterocycles. The minimum atomic E-state index is -4.03. The van der Waals surface area contributed by atoms with Crippen molar-refractivity contribution in [3.63, 3.8) is 0 Å². The molecule has 2 rings (SSSR count). The van der Waals surface area contributed by atoms with Gasteiger partial charge in [-0.1, -0.05) is 30.3 Å². The molecule has 2 aromatic carbocycles. The first kappa shape index (κ1) is 12.8. The van der Waals surface area contributed by atoms with Crippen molar-refractivity contribution in [2.45, 2.75) is 5.85 Å². The molecule has 0 atom stereocenters. The van der Waals surface area contributed by atoms with Crippen molar-refractivity contribution in [1.29, 1.82) is 0 Å². The van der Waals surface area contributed by atoms with Crippen LogP contribution in [0.4, 0.5) is 4.39 Å². The maximum Gasteiger partial charge on any atom is 0.329 e. The summed E-state index contributed by atoms with van der Waals surface area (Å²) in [7, 11) is 0. The van der Waals surface area contributed by atoms with E-state index in [1.165, 1.54) is 18.2 Å². The van der Waals surface area contributed by atoms with E-state index in [1.807, 2.05) is 0 Å². The number of aliphatic carboxylic acids is 2. The molecule has 0 amide bonds. The molecule has 0 heterocycles. The Bertz CT molecular complexity index is 638. The Morgan fingerprint density at radius 3 is 2.16 bits per heavy atom. The topological polar surface area (TPSA) is 89.5 Å². The quantitative estimate of drug-likeness (QED) is 0.685. The maximum atomic E-state index is 13.6. The second-order valence-electron chi connectivity index (χ2n) is 3.78. The first-order chi connectivity index (χ1) is 8.93. The van der Waals surface area contributed by atoms with E-state index in [2.05, 4.69) is 4.74 Å². The van der Waals surface area contributed by atoms with Crippen molar-refractivity contribution in [2.24, 2.45) is 0 Å². The number of carboxylic acids is 2. The summed E-state index contributed by atoms with van der Waals surface area (Å²) in [5, 5.41) is 22.4. The number of alkyl halides is 1. The summed E-state index contributed by atoms with van der Waals surface area (Å²) >= 11 is 0. The number of fused-ring (bicyclic) bond motifs is 1. The number of carbonyl (C=O) groups is 2. The second kappa shape index (κ2) is 4.56. The number of halogens is 1. The summed E-state index contributed by atoms with van der Waals surface area (Å²) in [5.41, 5.74) is 0. The Kier molecular flexibility index (Phi) is 3.08. The van der Waals surface area contributed by atoms with Gasteiger partial charge in [0.2, 0.25) is 0 Å². The summed E-state index contributed by atoms with van der Waals surface area (Å²) < 4.78 is 17.9. The molecule has 98 valence electrons. The molecule has 0 N–H and O–H groups in total. The molecule has 0 aliphatic carbocycles. The molecule has 2 aromatic rings. The van der Waals surface area contributed by atoms with Crippen LogP contribution in [0.25, 0.3) is 10.8 Å². The minimum absolute atomic E-state index is 0.255. The Balaban J connectivity index is 2.40. The fourth-order valence-corrected chi connectivity index (χ4v) is 1.56. The van der Waals surface area contributed by atoms with Gasteiger partial charge in [0.15, 0.2) is 0 Å².